The van der Waals surface area contributed by atoms with E-state index in [2.05, 4.69) is 93.7 Å². The van der Waals surface area contributed by atoms with Crippen molar-refractivity contribution in [2.24, 2.45) is 0 Å². The summed E-state index contributed by atoms with van der Waals surface area (Å²) in [6, 6.07) is 0. The lowest BCUT2D eigenvalue weighted by Crippen LogP contribution is -2.30. The van der Waals surface area contributed by atoms with Gasteiger partial charge in [0.05, 0.1) is 0 Å². The van der Waals surface area contributed by atoms with Crippen molar-refractivity contribution in [3.05, 3.63) is 85.1 Å². The molecule has 6 nitrogen and oxygen atoms in total. The second-order valence-corrected chi connectivity index (χ2v) is 19.5. The monoisotopic (exact) mass is 975 g/mol. The molecule has 0 bridgehead atoms. The number of ether oxygens (including phenoxy) is 3. The van der Waals surface area contributed by atoms with Crippen LogP contribution in [0.5, 0.6) is 0 Å². The third kappa shape index (κ3) is 55.5. The summed E-state index contributed by atoms with van der Waals surface area (Å²) in [5.74, 6) is -1.02. The molecular weight excluding hydrogens is 865 g/mol. The molecule has 6 heteroatoms. The molecular formula is C64H110O6. The van der Waals surface area contributed by atoms with E-state index in [1.165, 1.54) is 148 Å². The zero-order valence-corrected chi connectivity index (χ0v) is 46.0. The van der Waals surface area contributed by atoms with Crippen LogP contribution < -0.4 is 0 Å². The van der Waals surface area contributed by atoms with Crippen LogP contribution in [0.1, 0.15) is 284 Å². The van der Waals surface area contributed by atoms with E-state index in [1.54, 1.807) is 0 Å². The molecule has 0 aliphatic rings. The number of hydrogen-bond donors (Lipinski definition) is 0. The van der Waals surface area contributed by atoms with E-state index in [-0.39, 0.29) is 31.6 Å². The largest absolute Gasteiger partial charge is 0.462 e. The van der Waals surface area contributed by atoms with Gasteiger partial charge in [-0.05, 0) is 77.0 Å². The molecule has 0 fully saturated rings. The van der Waals surface area contributed by atoms with Gasteiger partial charge in [0.1, 0.15) is 13.2 Å². The predicted molar refractivity (Wildman–Crippen MR) is 302 cm³/mol. The van der Waals surface area contributed by atoms with Crippen LogP contribution in [-0.4, -0.2) is 37.2 Å². The molecule has 0 heterocycles. The minimum atomic E-state index is -0.825. The fourth-order valence-electron chi connectivity index (χ4n) is 8.30. The average Bonchev–Trinajstić information content (AvgIpc) is 3.36. The van der Waals surface area contributed by atoms with E-state index in [9.17, 15) is 14.4 Å². The topological polar surface area (TPSA) is 78.9 Å². The number of esters is 3. The maximum Gasteiger partial charge on any atom is 0.306 e. The summed E-state index contributed by atoms with van der Waals surface area (Å²) in [6.45, 7) is 6.34. The molecule has 0 N–H and O–H groups in total. The second kappa shape index (κ2) is 58.2. The van der Waals surface area contributed by atoms with Gasteiger partial charge in [0.25, 0.3) is 0 Å². The van der Waals surface area contributed by atoms with Gasteiger partial charge in [-0.25, -0.2) is 0 Å². The number of rotatable bonds is 53. The minimum absolute atomic E-state index is 0.113. The molecule has 0 rings (SSSR count). The van der Waals surface area contributed by atoms with Crippen LogP contribution in [0.4, 0.5) is 0 Å². The van der Waals surface area contributed by atoms with Crippen molar-refractivity contribution < 1.29 is 28.6 Å². The zero-order valence-electron chi connectivity index (χ0n) is 46.0. The van der Waals surface area contributed by atoms with Crippen LogP contribution in [0.15, 0.2) is 85.1 Å². The summed E-state index contributed by atoms with van der Waals surface area (Å²) in [6.07, 6.45) is 76.2. The molecule has 0 aromatic carbocycles. The number of allylic oxidation sites excluding steroid dienone is 14. The van der Waals surface area contributed by atoms with E-state index >= 15 is 0 Å². The van der Waals surface area contributed by atoms with Gasteiger partial charge in [-0.15, -0.1) is 0 Å². The van der Waals surface area contributed by atoms with Crippen LogP contribution in [0.2, 0.25) is 0 Å². The first-order chi connectivity index (χ1) is 34.5. The highest BCUT2D eigenvalue weighted by atomic mass is 16.6. The van der Waals surface area contributed by atoms with Crippen molar-refractivity contribution in [3.8, 4) is 0 Å². The Balaban J connectivity index is 4.26. The molecule has 0 saturated heterocycles. The Morgan fingerprint density at radius 1 is 0.300 bits per heavy atom. The highest BCUT2D eigenvalue weighted by Gasteiger charge is 2.19. The van der Waals surface area contributed by atoms with Crippen LogP contribution in [0.3, 0.4) is 0 Å². The summed E-state index contributed by atoms with van der Waals surface area (Å²) >= 11 is 0. The Hall–Kier alpha value is -3.41. The van der Waals surface area contributed by atoms with Gasteiger partial charge in [-0.2, -0.15) is 0 Å². The van der Waals surface area contributed by atoms with Crippen molar-refractivity contribution >= 4 is 17.9 Å². The molecule has 70 heavy (non-hydrogen) atoms. The Bertz CT molecular complexity index is 1350. The maximum absolute atomic E-state index is 12.8. The molecule has 402 valence electrons. The first kappa shape index (κ1) is 66.6. The van der Waals surface area contributed by atoms with Crippen molar-refractivity contribution in [3.63, 3.8) is 0 Å². The van der Waals surface area contributed by atoms with E-state index in [1.807, 2.05) is 12.2 Å². The SMILES string of the molecule is CC/C=C\C/C=C\C/C=C\C/C=C\CCC(=O)OC(COC(=O)CCCCC/C=C\C/C=C\C/C=C\CC)COC(=O)CCCCCCCCCCCCCCCCCCCCCCCCCCCC. The molecule has 0 aromatic rings. The molecule has 1 unspecified atom stereocenters. The molecule has 0 aliphatic heterocycles. The van der Waals surface area contributed by atoms with Gasteiger partial charge in [-0.3, -0.25) is 14.4 Å². The molecule has 0 aliphatic carbocycles. The third-order valence-corrected chi connectivity index (χ3v) is 12.7. The lowest BCUT2D eigenvalue weighted by Gasteiger charge is -2.18. The minimum Gasteiger partial charge on any atom is -0.462 e. The lowest BCUT2D eigenvalue weighted by atomic mass is 10.0. The first-order valence-corrected chi connectivity index (χ1v) is 29.6. The summed E-state index contributed by atoms with van der Waals surface area (Å²) in [4.78, 5) is 38.0. The van der Waals surface area contributed by atoms with Crippen molar-refractivity contribution in [1.82, 2.24) is 0 Å². The summed E-state index contributed by atoms with van der Waals surface area (Å²) in [5, 5.41) is 0. The fourth-order valence-corrected chi connectivity index (χ4v) is 8.30. The van der Waals surface area contributed by atoms with Crippen molar-refractivity contribution in [2.45, 2.75) is 290 Å². The molecule has 0 saturated carbocycles. The van der Waals surface area contributed by atoms with Gasteiger partial charge in [0, 0.05) is 19.3 Å². The summed E-state index contributed by atoms with van der Waals surface area (Å²) in [5.41, 5.74) is 0. The Kier molecular flexibility index (Phi) is 55.3. The Morgan fingerprint density at radius 2 is 0.586 bits per heavy atom. The van der Waals surface area contributed by atoms with Crippen molar-refractivity contribution in [2.75, 3.05) is 13.2 Å². The lowest BCUT2D eigenvalue weighted by molar-refractivity contribution is -0.166. The maximum atomic E-state index is 12.8. The summed E-state index contributed by atoms with van der Waals surface area (Å²) < 4.78 is 16.7. The molecule has 0 amide bonds. The second-order valence-electron chi connectivity index (χ2n) is 19.5. The normalized spacial score (nSPS) is 12.7. The van der Waals surface area contributed by atoms with E-state index < -0.39 is 12.1 Å². The third-order valence-electron chi connectivity index (χ3n) is 12.7. The van der Waals surface area contributed by atoms with E-state index in [4.69, 9.17) is 14.2 Å². The molecule has 0 radical (unpaired) electrons. The molecule has 0 aromatic heterocycles. The predicted octanol–water partition coefficient (Wildman–Crippen LogP) is 19.9. The van der Waals surface area contributed by atoms with Gasteiger partial charge in [-0.1, -0.05) is 273 Å². The Morgan fingerprint density at radius 3 is 0.929 bits per heavy atom. The quantitative estimate of drug-likeness (QED) is 0.0261. The standard InChI is InChI=1S/C64H110O6/c1-4-7-10-13-16-19-22-25-26-27-28-29-30-31-32-33-34-35-36-37-40-42-45-48-51-54-57-63(66)69-60-61(70-64(67)58-55-52-49-46-43-39-24-21-18-15-12-9-6-3)59-68-62(65)56-53-50-47-44-41-38-23-20-17-14-11-8-5-2/h8-9,11-12,17-18,20-21,38-39,41,43,49,52,61H,4-7,10,13-16,19,22-37,40,42,44-48,50-51,53-60H2,1-3H3/b11-8-,12-9-,20-17-,21-18-,41-38-,43-39-,52-49-. The van der Waals surface area contributed by atoms with Gasteiger partial charge in [0.15, 0.2) is 6.10 Å². The summed E-state index contributed by atoms with van der Waals surface area (Å²) in [7, 11) is 0. The van der Waals surface area contributed by atoms with Crippen LogP contribution in [0.25, 0.3) is 0 Å². The fraction of sp³-hybridized carbons (Fsp3) is 0.734. The van der Waals surface area contributed by atoms with Crippen LogP contribution >= 0.6 is 0 Å². The van der Waals surface area contributed by atoms with Crippen LogP contribution in [-0.2, 0) is 28.6 Å². The zero-order chi connectivity index (χ0) is 50.7. The molecule has 0 spiro atoms. The van der Waals surface area contributed by atoms with Gasteiger partial charge >= 0.3 is 17.9 Å². The van der Waals surface area contributed by atoms with E-state index in [0.29, 0.717) is 19.3 Å². The molecule has 1 atom stereocenters. The number of carbonyl (C=O) groups is 3. The Labute approximate surface area is 433 Å². The number of hydrogen-bond acceptors (Lipinski definition) is 6. The highest BCUT2D eigenvalue weighted by Crippen LogP contribution is 2.17. The van der Waals surface area contributed by atoms with E-state index in [0.717, 1.165) is 89.9 Å². The van der Waals surface area contributed by atoms with Crippen molar-refractivity contribution in [1.29, 1.82) is 0 Å². The number of carbonyl (C=O) groups excluding carboxylic acids is 3. The van der Waals surface area contributed by atoms with Gasteiger partial charge < -0.3 is 14.2 Å². The highest BCUT2D eigenvalue weighted by molar-refractivity contribution is 5.71. The average molecular weight is 976 g/mol. The van der Waals surface area contributed by atoms with Crippen LogP contribution in [0, 0.1) is 0 Å². The number of unbranched alkanes of at least 4 members (excludes halogenated alkanes) is 28. The van der Waals surface area contributed by atoms with Gasteiger partial charge in [0.2, 0.25) is 0 Å². The smallest absolute Gasteiger partial charge is 0.306 e. The first-order valence-electron chi connectivity index (χ1n) is 29.6.